The van der Waals surface area contributed by atoms with E-state index in [0.29, 0.717) is 0 Å². The molecular weight excluding hydrogens is 251 g/mol. The molecular formula is C9H9AlClO5. The van der Waals surface area contributed by atoms with Gasteiger partial charge in [0, 0.05) is 0 Å². The third-order valence-corrected chi connectivity index (χ3v) is 2.27. The fourth-order valence-electron chi connectivity index (χ4n) is 1.05. The molecule has 2 N–H and O–H groups in total. The van der Waals surface area contributed by atoms with Crippen LogP contribution in [0.25, 0.3) is 0 Å². The quantitative estimate of drug-likeness (QED) is 0.587. The predicted octanol–water partition coefficient (Wildman–Crippen LogP) is 0.578. The summed E-state index contributed by atoms with van der Waals surface area (Å²) in [4.78, 5) is 22.7. The molecule has 0 saturated heterocycles. The highest BCUT2D eigenvalue weighted by Crippen LogP contribution is 2.11. The van der Waals surface area contributed by atoms with Gasteiger partial charge in [0.1, 0.15) is 0 Å². The number of benzene rings is 1. The third kappa shape index (κ3) is 3.51. The maximum absolute atomic E-state index is 11.4. The maximum atomic E-state index is 11.4. The maximum Gasteiger partial charge on any atom is 0.675 e. The average Bonchev–Trinajstić information content (AvgIpc) is 2.28. The van der Waals surface area contributed by atoms with Gasteiger partial charge in [0.15, 0.2) is 0 Å². The van der Waals surface area contributed by atoms with Crippen molar-refractivity contribution in [2.24, 2.45) is 0 Å². The molecule has 1 rings (SSSR count). The Bertz CT molecular complexity index is 382. The molecule has 0 aliphatic heterocycles. The van der Waals surface area contributed by atoms with Crippen LogP contribution in [0.5, 0.6) is 0 Å². The molecule has 0 atom stereocenters. The molecule has 5 nitrogen and oxygen atoms in total. The first kappa shape index (κ1) is 14.9. The average molecular weight is 260 g/mol. The van der Waals surface area contributed by atoms with Gasteiger partial charge in [0.05, 0.1) is 18.2 Å². The molecule has 1 aromatic rings. The number of carbonyl (C=O) groups is 2. The Labute approximate surface area is 103 Å². The zero-order chi connectivity index (χ0) is 11.3. The van der Waals surface area contributed by atoms with Crippen molar-refractivity contribution in [3.8, 4) is 0 Å². The molecule has 0 unspecified atom stereocenters. The zero-order valence-corrected chi connectivity index (χ0v) is 10.3. The van der Waals surface area contributed by atoms with E-state index in [1.165, 1.54) is 19.2 Å². The smallest absolute Gasteiger partial charge is 0.606 e. The first-order valence-corrected chi connectivity index (χ1v) is 6.22. The molecule has 0 fully saturated rings. The van der Waals surface area contributed by atoms with Gasteiger partial charge in [-0.3, -0.25) is 0 Å². The van der Waals surface area contributed by atoms with E-state index in [1.807, 2.05) is 0 Å². The lowest BCUT2D eigenvalue weighted by Crippen LogP contribution is -2.13. The van der Waals surface area contributed by atoms with Crippen molar-refractivity contribution in [2.45, 2.75) is 0 Å². The van der Waals surface area contributed by atoms with Gasteiger partial charge in [0.25, 0.3) is 0 Å². The first-order valence-electron chi connectivity index (χ1n) is 4.01. The number of rotatable bonds is 3. The SMILES string of the molecule is COC(=O)c1ccccc1C(=O)[O][Al][Cl].O. The largest absolute Gasteiger partial charge is 0.675 e. The Morgan fingerprint density at radius 3 is 2.12 bits per heavy atom. The number of hydrogen-bond acceptors (Lipinski definition) is 4. The van der Waals surface area contributed by atoms with Crippen molar-refractivity contribution in [2.75, 3.05) is 7.11 Å². The van der Waals surface area contributed by atoms with Crippen molar-refractivity contribution >= 4 is 36.6 Å². The second-order valence-corrected chi connectivity index (χ2v) is 3.48. The number of hydrogen-bond donors (Lipinski definition) is 0. The molecule has 0 bridgehead atoms. The Hall–Kier alpha value is -1.06. The van der Waals surface area contributed by atoms with Crippen LogP contribution in [0, 0.1) is 0 Å². The summed E-state index contributed by atoms with van der Waals surface area (Å²) in [6, 6.07) is 6.25. The number of halogens is 1. The van der Waals surface area contributed by atoms with Crippen molar-refractivity contribution < 1.29 is 23.6 Å². The number of methoxy groups -OCH3 is 1. The molecule has 0 aliphatic rings. The fraction of sp³-hybridized carbons (Fsp3) is 0.111. The molecule has 0 aliphatic carbocycles. The van der Waals surface area contributed by atoms with Crippen molar-refractivity contribution in [3.05, 3.63) is 35.4 Å². The van der Waals surface area contributed by atoms with Crippen LogP contribution in [0.15, 0.2) is 24.3 Å². The second-order valence-electron chi connectivity index (χ2n) is 2.53. The van der Waals surface area contributed by atoms with Gasteiger partial charge in [-0.2, -0.15) is 0 Å². The molecule has 0 spiro atoms. The molecule has 16 heavy (non-hydrogen) atoms. The third-order valence-electron chi connectivity index (χ3n) is 1.70. The van der Waals surface area contributed by atoms with E-state index >= 15 is 0 Å². The van der Waals surface area contributed by atoms with E-state index in [4.69, 9.17) is 10.0 Å². The summed E-state index contributed by atoms with van der Waals surface area (Å²) in [6.07, 6.45) is 0. The molecule has 0 saturated carbocycles. The summed E-state index contributed by atoms with van der Waals surface area (Å²) >= 11 is -0.914. The lowest BCUT2D eigenvalue weighted by atomic mass is 10.1. The van der Waals surface area contributed by atoms with Crippen molar-refractivity contribution in [3.63, 3.8) is 0 Å². The Balaban J connectivity index is 0.00000225. The topological polar surface area (TPSA) is 84.1 Å². The molecule has 0 heterocycles. The Morgan fingerprint density at radius 1 is 1.19 bits per heavy atom. The molecule has 85 valence electrons. The van der Waals surface area contributed by atoms with Crippen LogP contribution in [0.3, 0.4) is 0 Å². The highest BCUT2D eigenvalue weighted by atomic mass is 35.6. The summed E-state index contributed by atoms with van der Waals surface area (Å²) in [6.45, 7) is 0. The van der Waals surface area contributed by atoms with Gasteiger partial charge in [-0.1, -0.05) is 12.1 Å². The number of esters is 1. The molecule has 7 heteroatoms. The van der Waals surface area contributed by atoms with E-state index in [2.05, 4.69) is 8.53 Å². The monoisotopic (exact) mass is 259 g/mol. The normalized spacial score (nSPS) is 8.62. The lowest BCUT2D eigenvalue weighted by molar-refractivity contribution is 0.0588. The predicted molar refractivity (Wildman–Crippen MR) is 58.4 cm³/mol. The summed E-state index contributed by atoms with van der Waals surface area (Å²) < 4.78 is 9.20. The van der Waals surface area contributed by atoms with E-state index in [9.17, 15) is 9.59 Å². The van der Waals surface area contributed by atoms with E-state index in [0.717, 1.165) is 0 Å². The Morgan fingerprint density at radius 2 is 1.69 bits per heavy atom. The van der Waals surface area contributed by atoms with Gasteiger partial charge in [-0.05, 0) is 12.1 Å². The van der Waals surface area contributed by atoms with Gasteiger partial charge in [0.2, 0.25) is 0 Å². The summed E-state index contributed by atoms with van der Waals surface area (Å²) in [5.74, 6) is -1.19. The highest BCUT2D eigenvalue weighted by Gasteiger charge is 2.17. The molecule has 0 amide bonds. The van der Waals surface area contributed by atoms with E-state index in [1.54, 1.807) is 12.1 Å². The molecule has 1 radical (unpaired) electrons. The number of carbonyl (C=O) groups excluding carboxylic acids is 2. The summed E-state index contributed by atoms with van der Waals surface area (Å²) in [7, 11) is 6.58. The van der Waals surface area contributed by atoms with Gasteiger partial charge in [-0.25, -0.2) is 19.6 Å². The Kier molecular flexibility index (Phi) is 6.78. The summed E-state index contributed by atoms with van der Waals surface area (Å²) in [5.41, 5.74) is 0.340. The van der Waals surface area contributed by atoms with Crippen LogP contribution in [-0.2, 0) is 8.53 Å². The molecule has 1 aromatic carbocycles. The van der Waals surface area contributed by atoms with Gasteiger partial charge < -0.3 is 14.0 Å². The van der Waals surface area contributed by atoms with Crippen LogP contribution >= 0.6 is 10.0 Å². The van der Waals surface area contributed by atoms with Crippen molar-refractivity contribution in [1.82, 2.24) is 0 Å². The van der Waals surface area contributed by atoms with E-state index in [-0.39, 0.29) is 16.6 Å². The lowest BCUT2D eigenvalue weighted by Gasteiger charge is -2.06. The minimum Gasteiger partial charge on any atom is -0.606 e. The number of ether oxygens (including phenoxy) is 1. The minimum absolute atomic E-state index is 0. The fourth-order valence-corrected chi connectivity index (χ4v) is 1.50. The van der Waals surface area contributed by atoms with Crippen LogP contribution in [-0.4, -0.2) is 39.2 Å². The van der Waals surface area contributed by atoms with Crippen LogP contribution < -0.4 is 0 Å². The highest BCUT2D eigenvalue weighted by molar-refractivity contribution is 6.90. The first-order chi connectivity index (χ1) is 7.20. The van der Waals surface area contributed by atoms with Crippen LogP contribution in [0.2, 0.25) is 0 Å². The standard InChI is InChI=1S/C9H8O4.Al.ClH.H2O/c1-13-9(12)7-5-3-2-4-6(7)8(10)11;;;/h2-5H,1H3,(H,10,11);;1H;1H2/q;+2;;/p-2. The van der Waals surface area contributed by atoms with Crippen molar-refractivity contribution in [1.29, 1.82) is 0 Å². The molecule has 0 aromatic heterocycles. The van der Waals surface area contributed by atoms with Crippen LogP contribution in [0.4, 0.5) is 0 Å². The van der Waals surface area contributed by atoms with E-state index < -0.39 is 26.6 Å². The minimum atomic E-state index is -0.914. The second kappa shape index (κ2) is 7.25. The van der Waals surface area contributed by atoms with Gasteiger partial charge >= 0.3 is 26.6 Å². The summed E-state index contributed by atoms with van der Waals surface area (Å²) in [5, 5.41) is 0. The zero-order valence-electron chi connectivity index (χ0n) is 8.40. The van der Waals surface area contributed by atoms with Crippen LogP contribution in [0.1, 0.15) is 20.7 Å². The van der Waals surface area contributed by atoms with Gasteiger partial charge in [-0.15, -0.1) is 0 Å².